The Kier molecular flexibility index (Phi) is 4.44. The topological polar surface area (TPSA) is 50.7 Å². The minimum atomic E-state index is 0.757. The van der Waals surface area contributed by atoms with Crippen molar-refractivity contribution in [3.63, 3.8) is 0 Å². The molecule has 0 aliphatic rings. The summed E-state index contributed by atoms with van der Waals surface area (Å²) in [6, 6.07) is 4.01. The number of aromatic nitrogens is 3. The quantitative estimate of drug-likeness (QED) is 0.892. The zero-order valence-electron chi connectivity index (χ0n) is 11.8. The van der Waals surface area contributed by atoms with Crippen LogP contribution in [0.3, 0.4) is 0 Å². The number of rotatable bonds is 5. The normalized spacial score (nSPS) is 10.5. The largest absolute Gasteiger partial charge is 0.370 e. The van der Waals surface area contributed by atoms with Gasteiger partial charge in [-0.1, -0.05) is 13.3 Å². The molecule has 0 unspecified atom stereocenters. The molecule has 0 aliphatic carbocycles. The van der Waals surface area contributed by atoms with E-state index in [9.17, 15) is 0 Å². The van der Waals surface area contributed by atoms with Gasteiger partial charge in [0.15, 0.2) is 5.82 Å². The molecule has 19 heavy (non-hydrogen) atoms. The van der Waals surface area contributed by atoms with Crippen LogP contribution in [0, 0.1) is 6.92 Å². The molecule has 0 saturated carbocycles. The zero-order valence-corrected chi connectivity index (χ0v) is 11.8. The van der Waals surface area contributed by atoms with Gasteiger partial charge in [0.2, 0.25) is 0 Å². The second-order valence-corrected chi connectivity index (χ2v) is 4.54. The van der Waals surface area contributed by atoms with Crippen LogP contribution in [0.4, 0.5) is 5.82 Å². The van der Waals surface area contributed by atoms with Gasteiger partial charge in [-0.15, -0.1) is 0 Å². The second-order valence-electron chi connectivity index (χ2n) is 4.54. The van der Waals surface area contributed by atoms with Gasteiger partial charge in [-0.25, -0.2) is 9.97 Å². The fraction of sp³-hybridized carbons (Fsp3) is 0.400. The highest BCUT2D eigenvalue weighted by Gasteiger charge is 2.08. The van der Waals surface area contributed by atoms with Crippen LogP contribution in [0.25, 0.3) is 11.4 Å². The first kappa shape index (κ1) is 13.5. The molecule has 0 aromatic carbocycles. The highest BCUT2D eigenvalue weighted by atomic mass is 15.0. The van der Waals surface area contributed by atoms with Crippen molar-refractivity contribution in [1.82, 2.24) is 15.0 Å². The number of anilines is 1. The number of aryl methyl sites for hydroxylation is 2. The van der Waals surface area contributed by atoms with Crippen LogP contribution in [0.5, 0.6) is 0 Å². The van der Waals surface area contributed by atoms with Gasteiger partial charge >= 0.3 is 0 Å². The highest BCUT2D eigenvalue weighted by Crippen LogP contribution is 2.21. The van der Waals surface area contributed by atoms with E-state index in [4.69, 9.17) is 0 Å². The molecule has 1 N–H and O–H groups in total. The lowest BCUT2D eigenvalue weighted by Gasteiger charge is -2.09. The maximum Gasteiger partial charge on any atom is 0.163 e. The van der Waals surface area contributed by atoms with Crippen molar-refractivity contribution in [2.24, 2.45) is 0 Å². The third-order valence-electron chi connectivity index (χ3n) is 2.92. The lowest BCUT2D eigenvalue weighted by molar-refractivity contribution is 0.874. The minimum absolute atomic E-state index is 0.757. The Hall–Kier alpha value is -1.97. The van der Waals surface area contributed by atoms with Crippen molar-refractivity contribution in [1.29, 1.82) is 0 Å². The summed E-state index contributed by atoms with van der Waals surface area (Å²) >= 11 is 0. The van der Waals surface area contributed by atoms with Gasteiger partial charge in [0.05, 0.1) is 0 Å². The molecule has 2 heterocycles. The Bertz CT molecular complexity index is 527. The van der Waals surface area contributed by atoms with Crippen molar-refractivity contribution in [3.05, 3.63) is 35.8 Å². The summed E-state index contributed by atoms with van der Waals surface area (Å²) in [5.74, 6) is 1.65. The van der Waals surface area contributed by atoms with Crippen LogP contribution in [0.1, 0.15) is 31.5 Å². The molecule has 0 radical (unpaired) electrons. The Balaban J connectivity index is 2.46. The van der Waals surface area contributed by atoms with Crippen molar-refractivity contribution >= 4 is 5.82 Å². The van der Waals surface area contributed by atoms with Crippen LogP contribution in [0.15, 0.2) is 24.5 Å². The van der Waals surface area contributed by atoms with Crippen LogP contribution >= 0.6 is 0 Å². The van der Waals surface area contributed by atoms with Gasteiger partial charge in [-0.3, -0.25) is 4.98 Å². The Morgan fingerprint density at radius 3 is 2.74 bits per heavy atom. The van der Waals surface area contributed by atoms with E-state index in [-0.39, 0.29) is 0 Å². The van der Waals surface area contributed by atoms with E-state index in [0.717, 1.165) is 47.8 Å². The molecule has 4 nitrogen and oxygen atoms in total. The molecule has 0 fully saturated rings. The molecule has 0 atom stereocenters. The molecule has 2 rings (SSSR count). The van der Waals surface area contributed by atoms with Crippen LogP contribution in [-0.4, -0.2) is 21.5 Å². The summed E-state index contributed by atoms with van der Waals surface area (Å²) in [7, 11) is 0. The Morgan fingerprint density at radius 1 is 1.21 bits per heavy atom. The van der Waals surface area contributed by atoms with Crippen LogP contribution in [0.2, 0.25) is 0 Å². The van der Waals surface area contributed by atoms with E-state index in [0.29, 0.717) is 0 Å². The molecule has 2 aromatic rings. The van der Waals surface area contributed by atoms with Gasteiger partial charge in [0.1, 0.15) is 5.82 Å². The van der Waals surface area contributed by atoms with E-state index in [1.165, 1.54) is 0 Å². The number of nitrogens with zero attached hydrogens (tertiary/aromatic N) is 3. The average Bonchev–Trinajstić information content (AvgIpc) is 2.40. The molecular weight excluding hydrogens is 236 g/mol. The molecule has 4 heteroatoms. The summed E-state index contributed by atoms with van der Waals surface area (Å²) in [5.41, 5.74) is 3.22. The maximum atomic E-state index is 4.65. The Labute approximate surface area is 114 Å². The van der Waals surface area contributed by atoms with Gasteiger partial charge in [-0.05, 0) is 31.9 Å². The summed E-state index contributed by atoms with van der Waals surface area (Å²) in [4.78, 5) is 13.4. The first-order valence-electron chi connectivity index (χ1n) is 6.77. The molecule has 0 amide bonds. The van der Waals surface area contributed by atoms with E-state index >= 15 is 0 Å². The van der Waals surface area contributed by atoms with Crippen molar-refractivity contribution in [2.75, 3.05) is 11.9 Å². The third-order valence-corrected chi connectivity index (χ3v) is 2.92. The van der Waals surface area contributed by atoms with Crippen molar-refractivity contribution in [2.45, 2.75) is 33.6 Å². The number of nitrogens with one attached hydrogen (secondary N) is 1. The SMILES string of the molecule is CCCc1cc(NCC)nc(-c2cnccc2C)n1. The van der Waals surface area contributed by atoms with Gasteiger partial charge < -0.3 is 5.32 Å². The molecule has 100 valence electrons. The average molecular weight is 256 g/mol. The zero-order chi connectivity index (χ0) is 13.7. The summed E-state index contributed by atoms with van der Waals surface area (Å²) < 4.78 is 0. The third kappa shape index (κ3) is 3.28. The molecular formula is C15H20N4. The number of pyridine rings is 1. The molecule has 2 aromatic heterocycles. The minimum Gasteiger partial charge on any atom is -0.370 e. The molecule has 0 spiro atoms. The molecule has 0 aliphatic heterocycles. The monoisotopic (exact) mass is 256 g/mol. The Morgan fingerprint density at radius 2 is 2.05 bits per heavy atom. The van der Waals surface area contributed by atoms with Gasteiger partial charge in [0, 0.05) is 36.3 Å². The molecule has 0 saturated heterocycles. The fourth-order valence-electron chi connectivity index (χ4n) is 1.97. The first-order valence-corrected chi connectivity index (χ1v) is 6.77. The van der Waals surface area contributed by atoms with E-state index in [1.54, 1.807) is 6.20 Å². The summed E-state index contributed by atoms with van der Waals surface area (Å²) in [6.45, 7) is 7.13. The first-order chi connectivity index (χ1) is 9.24. The molecule has 0 bridgehead atoms. The lowest BCUT2D eigenvalue weighted by Crippen LogP contribution is -2.04. The van der Waals surface area contributed by atoms with Crippen LogP contribution in [-0.2, 0) is 6.42 Å². The lowest BCUT2D eigenvalue weighted by atomic mass is 10.1. The van der Waals surface area contributed by atoms with Gasteiger partial charge in [0.25, 0.3) is 0 Å². The predicted octanol–water partition coefficient (Wildman–Crippen LogP) is 3.23. The smallest absolute Gasteiger partial charge is 0.163 e. The predicted molar refractivity (Wildman–Crippen MR) is 78.2 cm³/mol. The maximum absolute atomic E-state index is 4.65. The van der Waals surface area contributed by atoms with E-state index in [1.807, 2.05) is 18.3 Å². The standard InChI is InChI=1S/C15H20N4/c1-4-6-12-9-14(17-5-2)19-15(18-12)13-10-16-8-7-11(13)3/h7-10H,4-6H2,1-3H3,(H,17,18,19). The fourth-order valence-corrected chi connectivity index (χ4v) is 1.97. The van der Waals surface area contributed by atoms with Gasteiger partial charge in [-0.2, -0.15) is 0 Å². The summed E-state index contributed by atoms with van der Waals surface area (Å²) in [6.07, 6.45) is 5.66. The van der Waals surface area contributed by atoms with E-state index in [2.05, 4.69) is 41.0 Å². The van der Waals surface area contributed by atoms with Crippen molar-refractivity contribution in [3.8, 4) is 11.4 Å². The highest BCUT2D eigenvalue weighted by molar-refractivity contribution is 5.60. The number of hydrogen-bond acceptors (Lipinski definition) is 4. The van der Waals surface area contributed by atoms with Crippen LogP contribution < -0.4 is 5.32 Å². The summed E-state index contributed by atoms with van der Waals surface area (Å²) in [5, 5.41) is 3.26. The number of hydrogen-bond donors (Lipinski definition) is 1. The second kappa shape index (κ2) is 6.27. The van der Waals surface area contributed by atoms with Crippen molar-refractivity contribution < 1.29 is 0 Å². The van der Waals surface area contributed by atoms with E-state index < -0.39 is 0 Å².